The van der Waals surface area contributed by atoms with Crippen LogP contribution in [0.4, 0.5) is 0 Å². The highest BCUT2D eigenvalue weighted by Gasteiger charge is 2.44. The third-order valence-corrected chi connectivity index (χ3v) is 3.93. The molecule has 2 atom stereocenters. The Hall–Kier alpha value is -1.40. The van der Waals surface area contributed by atoms with E-state index in [0.29, 0.717) is 13.0 Å². The van der Waals surface area contributed by atoms with E-state index in [0.717, 1.165) is 5.56 Å². The van der Waals surface area contributed by atoms with Crippen molar-refractivity contribution in [2.24, 2.45) is 0 Å². The van der Waals surface area contributed by atoms with Crippen LogP contribution in [0, 0.1) is 0 Å². The zero-order chi connectivity index (χ0) is 13.2. The van der Waals surface area contributed by atoms with E-state index in [2.05, 4.69) is 5.32 Å². The Morgan fingerprint density at radius 2 is 2.39 bits per heavy atom. The van der Waals surface area contributed by atoms with Crippen LogP contribution in [0.5, 0.6) is 0 Å². The second-order valence-electron chi connectivity index (χ2n) is 4.46. The molecule has 1 fully saturated rings. The lowest BCUT2D eigenvalue weighted by Crippen LogP contribution is -2.56. The van der Waals surface area contributed by atoms with Gasteiger partial charge in [-0.05, 0) is 29.3 Å². The summed E-state index contributed by atoms with van der Waals surface area (Å²) < 4.78 is 5.10. The number of carboxylic acid groups (broad SMARTS) is 1. The number of carbonyl (C=O) groups is 2. The van der Waals surface area contributed by atoms with Gasteiger partial charge in [0.15, 0.2) is 5.54 Å². The van der Waals surface area contributed by atoms with Crippen LogP contribution in [0.25, 0.3) is 0 Å². The van der Waals surface area contributed by atoms with Gasteiger partial charge in [-0.2, -0.15) is 11.3 Å². The van der Waals surface area contributed by atoms with Gasteiger partial charge in [-0.1, -0.05) is 0 Å². The van der Waals surface area contributed by atoms with E-state index >= 15 is 0 Å². The number of amides is 1. The average molecular weight is 269 g/mol. The molecule has 1 aliphatic heterocycles. The van der Waals surface area contributed by atoms with Crippen molar-refractivity contribution in [3.63, 3.8) is 0 Å². The van der Waals surface area contributed by atoms with Gasteiger partial charge in [-0.15, -0.1) is 0 Å². The van der Waals surface area contributed by atoms with E-state index in [9.17, 15) is 14.7 Å². The molecule has 1 aliphatic rings. The van der Waals surface area contributed by atoms with Crippen molar-refractivity contribution in [1.82, 2.24) is 5.32 Å². The number of aliphatic carboxylic acids is 1. The summed E-state index contributed by atoms with van der Waals surface area (Å²) in [5.41, 5.74) is -0.363. The van der Waals surface area contributed by atoms with Gasteiger partial charge in [-0.3, -0.25) is 4.79 Å². The molecule has 0 radical (unpaired) electrons. The zero-order valence-corrected chi connectivity index (χ0v) is 10.8. The quantitative estimate of drug-likeness (QED) is 0.861. The minimum absolute atomic E-state index is 0.0322. The highest BCUT2D eigenvalue weighted by molar-refractivity contribution is 7.08. The fraction of sp³-hybridized carbons (Fsp3) is 0.500. The number of nitrogens with one attached hydrogen (secondary N) is 1. The van der Waals surface area contributed by atoms with Crippen molar-refractivity contribution in [3.8, 4) is 0 Å². The van der Waals surface area contributed by atoms with Crippen molar-refractivity contribution in [1.29, 1.82) is 0 Å². The number of ether oxygens (including phenoxy) is 1. The molecule has 0 saturated carbocycles. The summed E-state index contributed by atoms with van der Waals surface area (Å²) in [5.74, 6) is -1.67. The van der Waals surface area contributed by atoms with Crippen LogP contribution in [0.2, 0.25) is 0 Å². The van der Waals surface area contributed by atoms with E-state index in [-0.39, 0.29) is 18.4 Å². The largest absolute Gasteiger partial charge is 0.479 e. The standard InChI is InChI=1S/C12H15NO4S/c1-8(9-2-5-18-6-9)10(14)13-12(11(15)16)3-4-17-7-12/h2,5-6,8H,3-4,7H2,1H3,(H,13,14)(H,15,16). The maximum atomic E-state index is 12.1. The van der Waals surface area contributed by atoms with Gasteiger partial charge >= 0.3 is 5.97 Å². The van der Waals surface area contributed by atoms with Gasteiger partial charge in [0, 0.05) is 13.0 Å². The summed E-state index contributed by atoms with van der Waals surface area (Å²) in [4.78, 5) is 23.4. The molecular formula is C12H15NO4S. The number of hydrogen-bond donors (Lipinski definition) is 2. The van der Waals surface area contributed by atoms with Crippen LogP contribution in [0.15, 0.2) is 16.8 Å². The summed E-state index contributed by atoms with van der Waals surface area (Å²) in [6.45, 7) is 2.16. The highest BCUT2D eigenvalue weighted by Crippen LogP contribution is 2.23. The van der Waals surface area contributed by atoms with Crippen LogP contribution < -0.4 is 5.32 Å². The molecule has 0 aliphatic carbocycles. The third-order valence-electron chi connectivity index (χ3n) is 3.23. The molecule has 2 unspecified atom stereocenters. The molecule has 5 nitrogen and oxygen atoms in total. The minimum Gasteiger partial charge on any atom is -0.479 e. The minimum atomic E-state index is -1.26. The first-order valence-corrected chi connectivity index (χ1v) is 6.65. The molecule has 2 N–H and O–H groups in total. The Morgan fingerprint density at radius 3 is 2.89 bits per heavy atom. The van der Waals surface area contributed by atoms with E-state index < -0.39 is 11.5 Å². The molecule has 1 aromatic heterocycles. The van der Waals surface area contributed by atoms with Crippen LogP contribution in [-0.4, -0.2) is 35.7 Å². The number of hydrogen-bond acceptors (Lipinski definition) is 4. The second-order valence-corrected chi connectivity index (χ2v) is 5.24. The topological polar surface area (TPSA) is 75.6 Å². The summed E-state index contributed by atoms with van der Waals surface area (Å²) >= 11 is 1.51. The number of carbonyl (C=O) groups excluding carboxylic acids is 1. The highest BCUT2D eigenvalue weighted by atomic mass is 32.1. The van der Waals surface area contributed by atoms with Gasteiger partial charge < -0.3 is 15.2 Å². The van der Waals surface area contributed by atoms with Gasteiger partial charge in [0.1, 0.15) is 0 Å². The van der Waals surface area contributed by atoms with E-state index in [1.165, 1.54) is 11.3 Å². The first-order valence-electron chi connectivity index (χ1n) is 5.70. The van der Waals surface area contributed by atoms with Gasteiger partial charge in [0.05, 0.1) is 12.5 Å². The van der Waals surface area contributed by atoms with Crippen LogP contribution in [-0.2, 0) is 14.3 Å². The predicted octanol–water partition coefficient (Wildman–Crippen LogP) is 1.21. The summed E-state index contributed by atoms with van der Waals surface area (Å²) in [7, 11) is 0. The Labute approximate surface area is 109 Å². The van der Waals surface area contributed by atoms with Crippen molar-refractivity contribution < 1.29 is 19.4 Å². The van der Waals surface area contributed by atoms with E-state index in [1.807, 2.05) is 16.8 Å². The van der Waals surface area contributed by atoms with Crippen molar-refractivity contribution in [2.45, 2.75) is 24.8 Å². The first kappa shape index (κ1) is 13.0. The molecule has 1 amide bonds. The summed E-state index contributed by atoms with van der Waals surface area (Å²) in [6, 6.07) is 1.87. The lowest BCUT2D eigenvalue weighted by Gasteiger charge is -2.25. The molecule has 2 heterocycles. The maximum Gasteiger partial charge on any atom is 0.331 e. The molecule has 1 saturated heterocycles. The molecule has 18 heavy (non-hydrogen) atoms. The molecule has 0 bridgehead atoms. The fourth-order valence-corrected chi connectivity index (χ4v) is 2.66. The maximum absolute atomic E-state index is 12.1. The molecule has 1 aromatic rings. The zero-order valence-electron chi connectivity index (χ0n) is 10.0. The summed E-state index contributed by atoms with van der Waals surface area (Å²) in [6.07, 6.45) is 0.310. The SMILES string of the molecule is CC(C(=O)NC1(C(=O)O)CCOC1)c1ccsc1. The Kier molecular flexibility index (Phi) is 3.68. The predicted molar refractivity (Wildman–Crippen MR) is 66.7 cm³/mol. The molecule has 98 valence electrons. The van der Waals surface area contributed by atoms with Crippen LogP contribution >= 0.6 is 11.3 Å². The van der Waals surface area contributed by atoms with Crippen LogP contribution in [0.3, 0.4) is 0 Å². The van der Waals surface area contributed by atoms with E-state index in [4.69, 9.17) is 4.74 Å². The Bertz CT molecular complexity index is 437. The van der Waals surface area contributed by atoms with E-state index in [1.54, 1.807) is 6.92 Å². The number of thiophene rings is 1. The van der Waals surface area contributed by atoms with Crippen molar-refractivity contribution in [2.75, 3.05) is 13.2 Å². The molecular weight excluding hydrogens is 254 g/mol. The van der Waals surface area contributed by atoms with Gasteiger partial charge in [0.2, 0.25) is 5.91 Å². The Morgan fingerprint density at radius 1 is 1.61 bits per heavy atom. The second kappa shape index (κ2) is 5.07. The monoisotopic (exact) mass is 269 g/mol. The average Bonchev–Trinajstić information content (AvgIpc) is 2.99. The normalized spacial score (nSPS) is 24.7. The molecule has 6 heteroatoms. The third kappa shape index (κ3) is 2.39. The fourth-order valence-electron chi connectivity index (χ4n) is 1.90. The lowest BCUT2D eigenvalue weighted by atomic mass is 9.96. The molecule has 0 spiro atoms. The number of rotatable bonds is 4. The van der Waals surface area contributed by atoms with Crippen LogP contribution in [0.1, 0.15) is 24.8 Å². The molecule has 2 rings (SSSR count). The van der Waals surface area contributed by atoms with Gasteiger partial charge in [0.25, 0.3) is 0 Å². The van der Waals surface area contributed by atoms with Gasteiger partial charge in [-0.25, -0.2) is 4.79 Å². The number of carboxylic acids is 1. The van der Waals surface area contributed by atoms with Crippen molar-refractivity contribution >= 4 is 23.2 Å². The first-order chi connectivity index (χ1) is 8.55. The Balaban J connectivity index is 2.08. The summed E-state index contributed by atoms with van der Waals surface area (Å²) in [5, 5.41) is 15.6. The lowest BCUT2D eigenvalue weighted by molar-refractivity contribution is -0.147. The smallest absolute Gasteiger partial charge is 0.331 e. The van der Waals surface area contributed by atoms with Crippen molar-refractivity contribution in [3.05, 3.63) is 22.4 Å². The molecule has 0 aromatic carbocycles.